The monoisotopic (exact) mass is 289 g/mol. The second-order valence-electron chi connectivity index (χ2n) is 4.23. The van der Waals surface area contributed by atoms with E-state index in [1.807, 2.05) is 31.2 Å². The first kappa shape index (κ1) is 12.8. The quantitative estimate of drug-likeness (QED) is 0.744. The molecule has 1 N–H and O–H groups in total. The Morgan fingerprint density at radius 2 is 2.15 bits per heavy atom. The SMILES string of the molecule is CC(Nc1nc2ccccc2s1)Oc1cncc(F)c1. The summed E-state index contributed by atoms with van der Waals surface area (Å²) >= 11 is 1.55. The van der Waals surface area contributed by atoms with Gasteiger partial charge in [0.15, 0.2) is 11.4 Å². The number of rotatable bonds is 4. The summed E-state index contributed by atoms with van der Waals surface area (Å²) in [7, 11) is 0. The average molecular weight is 289 g/mol. The van der Waals surface area contributed by atoms with E-state index in [4.69, 9.17) is 4.74 Å². The summed E-state index contributed by atoms with van der Waals surface area (Å²) in [5.74, 6) is -0.0409. The number of nitrogens with zero attached hydrogens (tertiary/aromatic N) is 2. The van der Waals surface area contributed by atoms with Crippen LogP contribution < -0.4 is 10.1 Å². The maximum atomic E-state index is 13.0. The van der Waals surface area contributed by atoms with Gasteiger partial charge < -0.3 is 10.1 Å². The lowest BCUT2D eigenvalue weighted by molar-refractivity contribution is 0.248. The van der Waals surface area contributed by atoms with Crippen LogP contribution in [0.25, 0.3) is 10.2 Å². The third kappa shape index (κ3) is 2.85. The van der Waals surface area contributed by atoms with Gasteiger partial charge in [-0.3, -0.25) is 4.98 Å². The topological polar surface area (TPSA) is 47.0 Å². The van der Waals surface area contributed by atoms with Gasteiger partial charge in [0, 0.05) is 6.07 Å². The van der Waals surface area contributed by atoms with Crippen LogP contribution in [0.15, 0.2) is 42.7 Å². The highest BCUT2D eigenvalue weighted by Gasteiger charge is 2.08. The number of halogens is 1. The molecule has 3 rings (SSSR count). The van der Waals surface area contributed by atoms with Gasteiger partial charge in [-0.25, -0.2) is 9.37 Å². The van der Waals surface area contributed by atoms with Gasteiger partial charge in [0.05, 0.1) is 22.6 Å². The van der Waals surface area contributed by atoms with Gasteiger partial charge in [-0.15, -0.1) is 0 Å². The summed E-state index contributed by atoms with van der Waals surface area (Å²) in [6, 6.07) is 9.19. The smallest absolute Gasteiger partial charge is 0.186 e. The molecule has 3 aromatic rings. The number of benzene rings is 1. The highest BCUT2D eigenvalue weighted by molar-refractivity contribution is 7.22. The Morgan fingerprint density at radius 3 is 2.95 bits per heavy atom. The molecule has 102 valence electrons. The molecule has 6 heteroatoms. The zero-order valence-electron chi connectivity index (χ0n) is 10.7. The lowest BCUT2D eigenvalue weighted by atomic mass is 10.3. The van der Waals surface area contributed by atoms with E-state index in [9.17, 15) is 4.39 Å². The van der Waals surface area contributed by atoms with E-state index in [0.29, 0.717) is 5.75 Å². The number of ether oxygens (including phenoxy) is 1. The summed E-state index contributed by atoms with van der Waals surface area (Å²) < 4.78 is 19.7. The maximum Gasteiger partial charge on any atom is 0.186 e. The van der Waals surface area contributed by atoms with E-state index >= 15 is 0 Å². The molecule has 0 aliphatic rings. The molecule has 1 aromatic carbocycles. The van der Waals surface area contributed by atoms with E-state index in [-0.39, 0.29) is 6.23 Å². The molecule has 1 atom stereocenters. The molecule has 2 aromatic heterocycles. The summed E-state index contributed by atoms with van der Waals surface area (Å²) in [4.78, 5) is 8.19. The summed E-state index contributed by atoms with van der Waals surface area (Å²) in [6.07, 6.45) is 2.28. The number of para-hydroxylation sites is 1. The molecule has 0 saturated carbocycles. The molecule has 0 spiro atoms. The van der Waals surface area contributed by atoms with Crippen molar-refractivity contribution in [3.63, 3.8) is 0 Å². The summed E-state index contributed by atoms with van der Waals surface area (Å²) in [6.45, 7) is 1.83. The Hall–Kier alpha value is -2.21. The lowest BCUT2D eigenvalue weighted by Gasteiger charge is -2.14. The molecule has 0 radical (unpaired) electrons. The van der Waals surface area contributed by atoms with Crippen molar-refractivity contribution in [3.05, 3.63) is 48.5 Å². The van der Waals surface area contributed by atoms with E-state index in [1.54, 1.807) is 11.3 Å². The van der Waals surface area contributed by atoms with Gasteiger partial charge in [0.2, 0.25) is 0 Å². The Bertz CT molecular complexity index is 698. The predicted molar refractivity (Wildman–Crippen MR) is 77.5 cm³/mol. The standard InChI is InChI=1S/C14H12FN3OS/c1-9(19-11-6-10(15)7-16-8-11)17-14-18-12-4-2-3-5-13(12)20-14/h2-9H,1H3,(H,17,18). The minimum Gasteiger partial charge on any atom is -0.469 e. The lowest BCUT2D eigenvalue weighted by Crippen LogP contribution is -2.22. The predicted octanol–water partition coefficient (Wildman–Crippen LogP) is 3.67. The molecular formula is C14H12FN3OS. The third-order valence-corrected chi connectivity index (χ3v) is 3.58. The van der Waals surface area contributed by atoms with Crippen molar-refractivity contribution in [1.82, 2.24) is 9.97 Å². The number of thiazole rings is 1. The fourth-order valence-corrected chi connectivity index (χ4v) is 2.74. The van der Waals surface area contributed by atoms with E-state index in [0.717, 1.165) is 21.5 Å². The largest absolute Gasteiger partial charge is 0.469 e. The number of hydrogen-bond acceptors (Lipinski definition) is 5. The van der Waals surface area contributed by atoms with Crippen LogP contribution >= 0.6 is 11.3 Å². The highest BCUT2D eigenvalue weighted by Crippen LogP contribution is 2.26. The van der Waals surface area contributed by atoms with Crippen LogP contribution in [0.4, 0.5) is 9.52 Å². The molecule has 0 bridgehead atoms. The van der Waals surface area contributed by atoms with E-state index in [1.165, 1.54) is 12.3 Å². The average Bonchev–Trinajstić information content (AvgIpc) is 2.80. The van der Waals surface area contributed by atoms with Gasteiger partial charge in [-0.1, -0.05) is 23.5 Å². The zero-order valence-corrected chi connectivity index (χ0v) is 11.5. The van der Waals surface area contributed by atoms with E-state index in [2.05, 4.69) is 15.3 Å². The summed E-state index contributed by atoms with van der Waals surface area (Å²) in [5, 5.41) is 3.90. The number of hydrogen-bond donors (Lipinski definition) is 1. The Labute approximate surface area is 119 Å². The molecule has 4 nitrogen and oxygen atoms in total. The Morgan fingerprint density at radius 1 is 1.30 bits per heavy atom. The molecule has 20 heavy (non-hydrogen) atoms. The van der Waals surface area contributed by atoms with Gasteiger partial charge in [-0.2, -0.15) is 0 Å². The number of anilines is 1. The van der Waals surface area contributed by atoms with Crippen LogP contribution in [0, 0.1) is 5.82 Å². The molecule has 0 saturated heterocycles. The van der Waals surface area contributed by atoms with Crippen LogP contribution in [-0.2, 0) is 0 Å². The molecule has 0 aliphatic carbocycles. The fraction of sp³-hybridized carbons (Fsp3) is 0.143. The van der Waals surface area contributed by atoms with Gasteiger partial charge >= 0.3 is 0 Å². The highest BCUT2D eigenvalue weighted by atomic mass is 32.1. The molecule has 0 aliphatic heterocycles. The normalized spacial score (nSPS) is 12.3. The van der Waals surface area contributed by atoms with Crippen LogP contribution in [-0.4, -0.2) is 16.2 Å². The zero-order chi connectivity index (χ0) is 13.9. The van der Waals surface area contributed by atoms with Gasteiger partial charge in [0.25, 0.3) is 0 Å². The fourth-order valence-electron chi connectivity index (χ4n) is 1.80. The first-order valence-electron chi connectivity index (χ1n) is 6.10. The second kappa shape index (κ2) is 5.42. The molecule has 0 amide bonds. The number of pyridine rings is 1. The first-order valence-corrected chi connectivity index (χ1v) is 6.92. The Kier molecular flexibility index (Phi) is 3.47. The van der Waals surface area contributed by atoms with Gasteiger partial charge in [0.1, 0.15) is 11.6 Å². The minimum atomic E-state index is -0.422. The molecular weight excluding hydrogens is 277 g/mol. The van der Waals surface area contributed by atoms with Crippen LogP contribution in [0.2, 0.25) is 0 Å². The van der Waals surface area contributed by atoms with E-state index < -0.39 is 5.82 Å². The van der Waals surface area contributed by atoms with Gasteiger partial charge in [-0.05, 0) is 19.1 Å². The second-order valence-corrected chi connectivity index (χ2v) is 5.26. The maximum absolute atomic E-state index is 13.0. The van der Waals surface area contributed by atoms with Crippen LogP contribution in [0.5, 0.6) is 5.75 Å². The number of nitrogens with one attached hydrogen (secondary N) is 1. The molecule has 1 unspecified atom stereocenters. The van der Waals surface area contributed by atoms with Crippen molar-refractivity contribution >= 4 is 26.7 Å². The number of aromatic nitrogens is 2. The van der Waals surface area contributed by atoms with Crippen molar-refractivity contribution in [2.45, 2.75) is 13.2 Å². The minimum absolute atomic E-state index is 0.334. The first-order chi connectivity index (χ1) is 9.70. The van der Waals surface area contributed by atoms with Crippen molar-refractivity contribution in [1.29, 1.82) is 0 Å². The van der Waals surface area contributed by atoms with Crippen LogP contribution in [0.1, 0.15) is 6.92 Å². The summed E-state index contributed by atoms with van der Waals surface area (Å²) in [5.41, 5.74) is 0.944. The van der Waals surface area contributed by atoms with Crippen molar-refractivity contribution < 1.29 is 9.13 Å². The number of fused-ring (bicyclic) bond motifs is 1. The molecule has 2 heterocycles. The van der Waals surface area contributed by atoms with Crippen LogP contribution in [0.3, 0.4) is 0 Å². The molecule has 0 fully saturated rings. The van der Waals surface area contributed by atoms with Crippen molar-refractivity contribution in [2.24, 2.45) is 0 Å². The van der Waals surface area contributed by atoms with Crippen molar-refractivity contribution in [3.8, 4) is 5.75 Å². The third-order valence-electron chi connectivity index (χ3n) is 2.61. The van der Waals surface area contributed by atoms with Crippen molar-refractivity contribution in [2.75, 3.05) is 5.32 Å². The Balaban J connectivity index is 1.70.